The maximum absolute atomic E-state index is 10.9. The molecule has 0 bridgehead atoms. The first-order chi connectivity index (χ1) is 9.97. The van der Waals surface area contributed by atoms with E-state index in [9.17, 15) is 14.9 Å². The maximum Gasteiger partial charge on any atom is 0.335 e. The van der Waals surface area contributed by atoms with Crippen molar-refractivity contribution in [2.75, 3.05) is 0 Å². The van der Waals surface area contributed by atoms with Crippen LogP contribution in [-0.4, -0.2) is 16.0 Å². The number of benzene rings is 2. The monoisotopic (exact) mass is 303 g/mol. The highest BCUT2D eigenvalue weighted by atomic mass is 32.2. The largest absolute Gasteiger partial charge is 0.478 e. The summed E-state index contributed by atoms with van der Waals surface area (Å²) in [6.45, 7) is 1.87. The van der Waals surface area contributed by atoms with Crippen molar-refractivity contribution in [2.45, 2.75) is 17.6 Å². The first-order valence-corrected chi connectivity index (χ1v) is 7.16. The van der Waals surface area contributed by atoms with Crippen molar-refractivity contribution >= 4 is 23.4 Å². The van der Waals surface area contributed by atoms with Gasteiger partial charge in [0, 0.05) is 22.8 Å². The number of rotatable bonds is 5. The molecule has 0 saturated heterocycles. The fourth-order valence-electron chi connectivity index (χ4n) is 1.82. The Labute approximate surface area is 125 Å². The zero-order valence-electron chi connectivity index (χ0n) is 11.3. The van der Waals surface area contributed by atoms with Gasteiger partial charge in [0.2, 0.25) is 0 Å². The zero-order chi connectivity index (χ0) is 15.4. The number of hydrogen-bond acceptors (Lipinski definition) is 4. The predicted octanol–water partition coefficient (Wildman–Crippen LogP) is 3.89. The SMILES string of the molecule is Cc1cc(C(=O)O)ccc1CSc1ccc([N+](=O)[O-])cc1. The van der Waals surface area contributed by atoms with E-state index >= 15 is 0 Å². The standard InChI is InChI=1S/C15H13NO4S/c1-10-8-11(15(17)18)2-3-12(10)9-21-14-6-4-13(5-7-14)16(19)20/h2-8H,9H2,1H3,(H,17,18). The van der Waals surface area contributed by atoms with Crippen LogP contribution in [0.4, 0.5) is 5.69 Å². The van der Waals surface area contributed by atoms with Crippen LogP contribution < -0.4 is 0 Å². The molecule has 0 aromatic heterocycles. The van der Waals surface area contributed by atoms with Gasteiger partial charge in [0.05, 0.1) is 10.5 Å². The second kappa shape index (κ2) is 6.41. The van der Waals surface area contributed by atoms with Crippen LogP contribution in [0.15, 0.2) is 47.4 Å². The number of nitro groups is 1. The smallest absolute Gasteiger partial charge is 0.335 e. The van der Waals surface area contributed by atoms with Crippen molar-refractivity contribution in [3.63, 3.8) is 0 Å². The van der Waals surface area contributed by atoms with E-state index in [4.69, 9.17) is 5.11 Å². The summed E-state index contributed by atoms with van der Waals surface area (Å²) in [5, 5.41) is 19.5. The number of hydrogen-bond donors (Lipinski definition) is 1. The summed E-state index contributed by atoms with van der Waals surface area (Å²) < 4.78 is 0. The number of nitro benzene ring substituents is 1. The number of non-ortho nitro benzene ring substituents is 1. The molecule has 0 aliphatic rings. The van der Waals surface area contributed by atoms with Crippen molar-refractivity contribution in [1.82, 2.24) is 0 Å². The Bertz CT molecular complexity index is 683. The van der Waals surface area contributed by atoms with Crippen LogP contribution in [0.3, 0.4) is 0 Å². The Morgan fingerprint density at radius 1 is 1.24 bits per heavy atom. The minimum absolute atomic E-state index is 0.0707. The van der Waals surface area contributed by atoms with Gasteiger partial charge in [-0.1, -0.05) is 6.07 Å². The molecule has 0 heterocycles. The number of thioether (sulfide) groups is 1. The minimum atomic E-state index is -0.937. The van der Waals surface area contributed by atoms with Crippen LogP contribution in [0.2, 0.25) is 0 Å². The van der Waals surface area contributed by atoms with Crippen LogP contribution in [-0.2, 0) is 5.75 Å². The molecule has 0 amide bonds. The zero-order valence-corrected chi connectivity index (χ0v) is 12.1. The fraction of sp³-hybridized carbons (Fsp3) is 0.133. The molecule has 2 aromatic carbocycles. The summed E-state index contributed by atoms with van der Waals surface area (Å²) in [6.07, 6.45) is 0. The number of aromatic carboxylic acids is 1. The lowest BCUT2D eigenvalue weighted by atomic mass is 10.1. The van der Waals surface area contributed by atoms with Crippen molar-refractivity contribution in [3.8, 4) is 0 Å². The number of carboxylic acids is 1. The summed E-state index contributed by atoms with van der Waals surface area (Å²) in [5.74, 6) is -0.253. The van der Waals surface area contributed by atoms with Gasteiger partial charge < -0.3 is 5.11 Å². The Hall–Kier alpha value is -2.34. The molecule has 0 aliphatic heterocycles. The van der Waals surface area contributed by atoms with E-state index < -0.39 is 10.9 Å². The second-order valence-corrected chi connectivity index (χ2v) is 5.53. The van der Waals surface area contributed by atoms with Crippen molar-refractivity contribution in [1.29, 1.82) is 0 Å². The van der Waals surface area contributed by atoms with Crippen molar-refractivity contribution in [3.05, 3.63) is 69.3 Å². The fourth-order valence-corrected chi connectivity index (χ4v) is 2.79. The summed E-state index contributed by atoms with van der Waals surface area (Å²) in [4.78, 5) is 21.9. The number of carboxylic acid groups (broad SMARTS) is 1. The predicted molar refractivity (Wildman–Crippen MR) is 80.8 cm³/mol. The number of nitrogens with zero attached hydrogens (tertiary/aromatic N) is 1. The molecule has 108 valence electrons. The van der Waals surface area contributed by atoms with Gasteiger partial charge in [-0.05, 0) is 42.3 Å². The van der Waals surface area contributed by atoms with Gasteiger partial charge >= 0.3 is 5.97 Å². The average Bonchev–Trinajstić information content (AvgIpc) is 2.46. The van der Waals surface area contributed by atoms with Crippen molar-refractivity contribution in [2.24, 2.45) is 0 Å². The van der Waals surface area contributed by atoms with E-state index in [-0.39, 0.29) is 11.3 Å². The Morgan fingerprint density at radius 3 is 2.43 bits per heavy atom. The van der Waals surface area contributed by atoms with Crippen LogP contribution in [0, 0.1) is 17.0 Å². The molecule has 0 atom stereocenters. The molecular formula is C15H13NO4S. The maximum atomic E-state index is 10.9. The van der Waals surface area contributed by atoms with Crippen LogP contribution in [0.1, 0.15) is 21.5 Å². The highest BCUT2D eigenvalue weighted by Gasteiger charge is 2.07. The van der Waals surface area contributed by atoms with Crippen LogP contribution >= 0.6 is 11.8 Å². The molecule has 2 rings (SSSR count). The van der Waals surface area contributed by atoms with Crippen LogP contribution in [0.5, 0.6) is 0 Å². The quantitative estimate of drug-likeness (QED) is 0.515. The second-order valence-electron chi connectivity index (χ2n) is 4.49. The topological polar surface area (TPSA) is 80.4 Å². The first kappa shape index (κ1) is 15.1. The Balaban J connectivity index is 2.06. The third kappa shape index (κ3) is 3.82. The molecular weight excluding hydrogens is 290 g/mol. The average molecular weight is 303 g/mol. The normalized spacial score (nSPS) is 10.3. The summed E-state index contributed by atoms with van der Waals surface area (Å²) >= 11 is 1.55. The minimum Gasteiger partial charge on any atom is -0.478 e. The van der Waals surface area contributed by atoms with E-state index in [0.717, 1.165) is 16.0 Å². The highest BCUT2D eigenvalue weighted by molar-refractivity contribution is 7.98. The molecule has 5 nitrogen and oxygen atoms in total. The van der Waals surface area contributed by atoms with Gasteiger partial charge in [-0.2, -0.15) is 0 Å². The molecule has 1 N–H and O–H groups in total. The molecule has 0 unspecified atom stereocenters. The Kier molecular flexibility index (Phi) is 4.59. The summed E-state index contributed by atoms with van der Waals surface area (Å²) in [5.41, 5.74) is 2.31. The van der Waals surface area contributed by atoms with Gasteiger partial charge in [0.15, 0.2) is 0 Å². The molecule has 0 spiro atoms. The molecule has 0 aliphatic carbocycles. The number of carbonyl (C=O) groups is 1. The van der Waals surface area contributed by atoms with Gasteiger partial charge in [0.1, 0.15) is 0 Å². The lowest BCUT2D eigenvalue weighted by Crippen LogP contribution is -1.98. The van der Waals surface area contributed by atoms with E-state index in [1.807, 2.05) is 6.92 Å². The van der Waals surface area contributed by atoms with E-state index in [2.05, 4.69) is 0 Å². The Morgan fingerprint density at radius 2 is 1.90 bits per heavy atom. The molecule has 0 saturated carbocycles. The van der Waals surface area contributed by atoms with Crippen molar-refractivity contribution < 1.29 is 14.8 Å². The molecule has 0 fully saturated rings. The molecule has 21 heavy (non-hydrogen) atoms. The lowest BCUT2D eigenvalue weighted by molar-refractivity contribution is -0.384. The van der Waals surface area contributed by atoms with E-state index in [1.54, 1.807) is 42.1 Å². The van der Waals surface area contributed by atoms with E-state index in [0.29, 0.717) is 5.75 Å². The highest BCUT2D eigenvalue weighted by Crippen LogP contribution is 2.26. The lowest BCUT2D eigenvalue weighted by Gasteiger charge is -2.07. The summed E-state index contributed by atoms with van der Waals surface area (Å²) in [6, 6.07) is 11.4. The molecule has 0 radical (unpaired) electrons. The third-order valence-electron chi connectivity index (χ3n) is 3.03. The molecule has 6 heteroatoms. The van der Waals surface area contributed by atoms with Gasteiger partial charge in [-0.3, -0.25) is 10.1 Å². The third-order valence-corrected chi connectivity index (χ3v) is 4.09. The number of aryl methyl sites for hydroxylation is 1. The van der Waals surface area contributed by atoms with Gasteiger partial charge in [-0.15, -0.1) is 11.8 Å². The van der Waals surface area contributed by atoms with Gasteiger partial charge in [0.25, 0.3) is 5.69 Å². The first-order valence-electron chi connectivity index (χ1n) is 6.17. The summed E-state index contributed by atoms with van der Waals surface area (Å²) in [7, 11) is 0. The molecule has 2 aromatic rings. The van der Waals surface area contributed by atoms with E-state index in [1.165, 1.54) is 12.1 Å². The van der Waals surface area contributed by atoms with Crippen LogP contribution in [0.25, 0.3) is 0 Å². The van der Waals surface area contributed by atoms with Gasteiger partial charge in [-0.25, -0.2) is 4.79 Å².